The van der Waals surface area contributed by atoms with Crippen LogP contribution in [-0.2, 0) is 9.53 Å². The molecule has 1 amide bonds. The number of hydrogen-bond acceptors (Lipinski definition) is 5. The van der Waals surface area contributed by atoms with Crippen LogP contribution in [0.15, 0.2) is 29.2 Å². The quantitative estimate of drug-likeness (QED) is 0.495. The normalized spacial score (nSPS) is 15.5. The molecule has 1 aromatic heterocycles. The minimum absolute atomic E-state index is 0.164. The van der Waals surface area contributed by atoms with Gasteiger partial charge in [-0.25, -0.2) is 4.79 Å². The number of hydrogen-bond donors (Lipinski definition) is 1. The van der Waals surface area contributed by atoms with Gasteiger partial charge in [0, 0.05) is 17.1 Å². The van der Waals surface area contributed by atoms with E-state index in [1.54, 1.807) is 6.07 Å². The van der Waals surface area contributed by atoms with E-state index >= 15 is 0 Å². The van der Waals surface area contributed by atoms with Crippen LogP contribution in [0.3, 0.4) is 0 Å². The van der Waals surface area contributed by atoms with Crippen molar-refractivity contribution in [3.63, 3.8) is 0 Å². The summed E-state index contributed by atoms with van der Waals surface area (Å²) in [6.45, 7) is 5.97. The molecule has 0 unspecified atom stereocenters. The van der Waals surface area contributed by atoms with Gasteiger partial charge in [-0.15, -0.1) is 0 Å². The summed E-state index contributed by atoms with van der Waals surface area (Å²) in [5.74, 6) is -0.519. The van der Waals surface area contributed by atoms with Gasteiger partial charge in [0.1, 0.15) is 4.32 Å². The molecular weight excluding hydrogens is 368 g/mol. The first-order chi connectivity index (χ1) is 12.3. The Kier molecular flexibility index (Phi) is 5.02. The lowest BCUT2D eigenvalue weighted by Crippen LogP contribution is -2.17. The second kappa shape index (κ2) is 7.09. The topological polar surface area (TPSA) is 60.3 Å². The predicted octanol–water partition coefficient (Wildman–Crippen LogP) is 3.68. The third kappa shape index (κ3) is 3.32. The number of thioether (sulfide) groups is 1. The molecular formula is C19H18N2O3S2. The number of thiocarbonyl (C=S) groups is 1. The molecule has 5 nitrogen and oxygen atoms in total. The van der Waals surface area contributed by atoms with E-state index in [0.717, 1.165) is 28.2 Å². The van der Waals surface area contributed by atoms with Gasteiger partial charge in [-0.3, -0.25) is 4.79 Å². The van der Waals surface area contributed by atoms with Gasteiger partial charge >= 0.3 is 5.97 Å². The Morgan fingerprint density at radius 1 is 1.27 bits per heavy atom. The Labute approximate surface area is 161 Å². The molecule has 0 spiro atoms. The van der Waals surface area contributed by atoms with E-state index in [1.807, 2.05) is 45.0 Å². The summed E-state index contributed by atoms with van der Waals surface area (Å²) in [5, 5.41) is 2.63. The second-order valence-electron chi connectivity index (χ2n) is 6.01. The summed E-state index contributed by atoms with van der Waals surface area (Å²) in [7, 11) is 1.37. The van der Waals surface area contributed by atoms with Gasteiger partial charge in [0.25, 0.3) is 5.91 Å². The highest BCUT2D eigenvalue weighted by Gasteiger charge is 2.23. The standard InChI is InChI=1S/C19H18N2O3S2/c1-10-7-13(18(23)24-4)5-6-15(10)21-11(2)8-14(12(21)3)9-16-17(22)20-19(25)26-16/h5-9H,1-4H3,(H,20,22,25)/b16-9-. The molecule has 1 aliphatic heterocycles. The molecule has 2 heterocycles. The summed E-state index contributed by atoms with van der Waals surface area (Å²) in [6.07, 6.45) is 1.86. The Hall–Kier alpha value is -2.38. The van der Waals surface area contributed by atoms with E-state index < -0.39 is 0 Å². The molecule has 1 fully saturated rings. The van der Waals surface area contributed by atoms with Crippen LogP contribution in [-0.4, -0.2) is 27.9 Å². The highest BCUT2D eigenvalue weighted by molar-refractivity contribution is 8.26. The van der Waals surface area contributed by atoms with E-state index in [2.05, 4.69) is 9.88 Å². The Morgan fingerprint density at radius 2 is 2.00 bits per heavy atom. The number of methoxy groups -OCH3 is 1. The van der Waals surface area contributed by atoms with Crippen LogP contribution in [0.1, 0.15) is 32.9 Å². The fourth-order valence-corrected chi connectivity index (χ4v) is 4.05. The van der Waals surface area contributed by atoms with Crippen LogP contribution >= 0.6 is 24.0 Å². The van der Waals surface area contributed by atoms with Gasteiger partial charge in [-0.1, -0.05) is 24.0 Å². The fourth-order valence-electron chi connectivity index (χ4n) is 3.02. The SMILES string of the molecule is COC(=O)c1ccc(-n2c(C)cc(/C=C3\SC(=S)NC3=O)c2C)c(C)c1. The Balaban J connectivity index is 2.04. The molecule has 0 radical (unpaired) electrons. The second-order valence-corrected chi connectivity index (χ2v) is 7.73. The third-order valence-electron chi connectivity index (χ3n) is 4.26. The monoisotopic (exact) mass is 386 g/mol. The van der Waals surface area contributed by atoms with Crippen molar-refractivity contribution in [2.75, 3.05) is 7.11 Å². The van der Waals surface area contributed by atoms with Crippen molar-refractivity contribution in [1.82, 2.24) is 9.88 Å². The zero-order valence-corrected chi connectivity index (χ0v) is 16.5. The first kappa shape index (κ1) is 18.4. The average molecular weight is 386 g/mol. The largest absolute Gasteiger partial charge is 0.465 e. The fraction of sp³-hybridized carbons (Fsp3) is 0.211. The highest BCUT2D eigenvalue weighted by atomic mass is 32.2. The van der Waals surface area contributed by atoms with E-state index in [1.165, 1.54) is 18.9 Å². The maximum absolute atomic E-state index is 11.9. The molecule has 1 aliphatic rings. The van der Waals surface area contributed by atoms with Gasteiger partial charge in [0.2, 0.25) is 0 Å². The maximum atomic E-state index is 11.9. The zero-order chi connectivity index (χ0) is 19.0. The summed E-state index contributed by atoms with van der Waals surface area (Å²) in [5.41, 5.74) is 5.47. The number of carbonyl (C=O) groups excluding carboxylic acids is 2. The summed E-state index contributed by atoms with van der Waals surface area (Å²) >= 11 is 6.31. The van der Waals surface area contributed by atoms with Crippen molar-refractivity contribution in [2.45, 2.75) is 20.8 Å². The zero-order valence-electron chi connectivity index (χ0n) is 14.9. The number of esters is 1. The molecule has 0 bridgehead atoms. The van der Waals surface area contributed by atoms with Gasteiger partial charge in [0.15, 0.2) is 0 Å². The number of aryl methyl sites for hydroxylation is 2. The van der Waals surface area contributed by atoms with E-state index in [-0.39, 0.29) is 11.9 Å². The molecule has 26 heavy (non-hydrogen) atoms. The molecule has 3 rings (SSSR count). The summed E-state index contributed by atoms with van der Waals surface area (Å²) in [4.78, 5) is 24.2. The van der Waals surface area contributed by atoms with Crippen LogP contribution in [0.4, 0.5) is 0 Å². The summed E-state index contributed by atoms with van der Waals surface area (Å²) < 4.78 is 7.36. The number of amides is 1. The molecule has 1 aromatic carbocycles. The van der Waals surface area contributed by atoms with Gasteiger partial charge in [-0.2, -0.15) is 0 Å². The van der Waals surface area contributed by atoms with Crippen molar-refractivity contribution >= 4 is 46.3 Å². The van der Waals surface area contributed by atoms with Crippen molar-refractivity contribution in [1.29, 1.82) is 0 Å². The molecule has 0 atom stereocenters. The molecule has 7 heteroatoms. The van der Waals surface area contributed by atoms with Crippen LogP contribution in [0.5, 0.6) is 0 Å². The van der Waals surface area contributed by atoms with Gasteiger partial charge in [0.05, 0.1) is 17.6 Å². The predicted molar refractivity (Wildman–Crippen MR) is 108 cm³/mol. The van der Waals surface area contributed by atoms with Gasteiger partial charge < -0.3 is 14.6 Å². The minimum atomic E-state index is -0.355. The van der Waals surface area contributed by atoms with Crippen LogP contribution in [0.25, 0.3) is 11.8 Å². The number of aromatic nitrogens is 1. The van der Waals surface area contributed by atoms with E-state index in [0.29, 0.717) is 14.8 Å². The molecule has 1 saturated heterocycles. The van der Waals surface area contributed by atoms with Gasteiger partial charge in [-0.05, 0) is 62.2 Å². The lowest BCUT2D eigenvalue weighted by Gasteiger charge is -2.14. The summed E-state index contributed by atoms with van der Waals surface area (Å²) in [6, 6.07) is 7.51. The molecule has 0 saturated carbocycles. The van der Waals surface area contributed by atoms with E-state index in [9.17, 15) is 9.59 Å². The number of nitrogens with zero attached hydrogens (tertiary/aromatic N) is 1. The van der Waals surface area contributed by atoms with E-state index in [4.69, 9.17) is 17.0 Å². The maximum Gasteiger partial charge on any atom is 0.337 e. The van der Waals surface area contributed by atoms with Crippen molar-refractivity contribution in [3.8, 4) is 5.69 Å². The van der Waals surface area contributed by atoms with Crippen LogP contribution in [0.2, 0.25) is 0 Å². The number of benzene rings is 1. The molecule has 0 aliphatic carbocycles. The number of rotatable bonds is 3. The lowest BCUT2D eigenvalue weighted by molar-refractivity contribution is -0.115. The Morgan fingerprint density at radius 3 is 2.58 bits per heavy atom. The molecule has 134 valence electrons. The molecule has 1 N–H and O–H groups in total. The minimum Gasteiger partial charge on any atom is -0.465 e. The van der Waals surface area contributed by atoms with Crippen molar-refractivity contribution in [3.05, 3.63) is 57.2 Å². The van der Waals surface area contributed by atoms with Crippen molar-refractivity contribution in [2.24, 2.45) is 0 Å². The van der Waals surface area contributed by atoms with Crippen molar-refractivity contribution < 1.29 is 14.3 Å². The third-order valence-corrected chi connectivity index (χ3v) is 5.42. The molecule has 2 aromatic rings. The Bertz CT molecular complexity index is 973. The number of nitrogens with one attached hydrogen (secondary N) is 1. The van der Waals surface area contributed by atoms with Crippen LogP contribution in [0, 0.1) is 20.8 Å². The number of carbonyl (C=O) groups is 2. The first-order valence-corrected chi connectivity index (χ1v) is 9.17. The number of ether oxygens (including phenoxy) is 1. The smallest absolute Gasteiger partial charge is 0.337 e. The highest BCUT2D eigenvalue weighted by Crippen LogP contribution is 2.30. The van der Waals surface area contributed by atoms with Crippen LogP contribution < -0.4 is 5.32 Å². The average Bonchev–Trinajstić information content (AvgIpc) is 3.05. The lowest BCUT2D eigenvalue weighted by atomic mass is 10.1. The first-order valence-electron chi connectivity index (χ1n) is 7.95.